The number of hydrogen-bond donors (Lipinski definition) is 0. The first-order valence-electron chi connectivity index (χ1n) is 9.12. The minimum atomic E-state index is -0.849. The summed E-state index contributed by atoms with van der Waals surface area (Å²) >= 11 is 0. The topological polar surface area (TPSA) is 17.1 Å². The molecule has 1 aromatic carbocycles. The molecule has 0 aliphatic rings. The molecule has 0 saturated heterocycles. The van der Waals surface area contributed by atoms with Gasteiger partial charge in [0, 0.05) is 10.1 Å². The van der Waals surface area contributed by atoms with Gasteiger partial charge < -0.3 is 0 Å². The molecule has 0 N–H and O–H groups in total. The van der Waals surface area contributed by atoms with E-state index in [1.54, 1.807) is 0 Å². The minimum absolute atomic E-state index is 0.271. The lowest BCUT2D eigenvalue weighted by Crippen LogP contribution is -2.10. The van der Waals surface area contributed by atoms with Gasteiger partial charge in [0.05, 0.1) is 10.8 Å². The van der Waals surface area contributed by atoms with Crippen LogP contribution in [0.25, 0.3) is 0 Å². The summed E-state index contributed by atoms with van der Waals surface area (Å²) in [6, 6.07) is 8.13. The second-order valence-corrected chi connectivity index (χ2v) is 8.41. The fourth-order valence-electron chi connectivity index (χ4n) is 2.75. The second kappa shape index (κ2) is 11.9. The Morgan fingerprint density at radius 2 is 1.36 bits per heavy atom. The Kier molecular flexibility index (Phi) is 10.5. The molecule has 0 aliphatic carbocycles. The van der Waals surface area contributed by atoms with Gasteiger partial charge in [-0.15, -0.1) is 0 Å². The van der Waals surface area contributed by atoms with Crippen molar-refractivity contribution in [1.82, 2.24) is 0 Å². The number of hydrogen-bond acceptors (Lipinski definition) is 1. The van der Waals surface area contributed by atoms with Crippen LogP contribution in [0.4, 0.5) is 0 Å². The van der Waals surface area contributed by atoms with E-state index >= 15 is 0 Å². The van der Waals surface area contributed by atoms with Gasteiger partial charge >= 0.3 is 0 Å². The summed E-state index contributed by atoms with van der Waals surface area (Å²) in [5, 5.41) is 0.271. The molecule has 0 aliphatic heterocycles. The van der Waals surface area contributed by atoms with E-state index in [4.69, 9.17) is 0 Å². The number of rotatable bonds is 12. The maximum absolute atomic E-state index is 12.4. The van der Waals surface area contributed by atoms with Gasteiger partial charge in [-0.3, -0.25) is 4.21 Å². The van der Waals surface area contributed by atoms with E-state index in [0.29, 0.717) is 0 Å². The van der Waals surface area contributed by atoms with Crippen LogP contribution in [0, 0.1) is 6.92 Å². The maximum atomic E-state index is 12.4. The van der Waals surface area contributed by atoms with Gasteiger partial charge in [-0.1, -0.05) is 89.3 Å². The molecule has 0 saturated carbocycles. The van der Waals surface area contributed by atoms with Gasteiger partial charge in [-0.25, -0.2) is 0 Å². The van der Waals surface area contributed by atoms with Crippen LogP contribution in [-0.4, -0.2) is 9.46 Å². The van der Waals surface area contributed by atoms with Gasteiger partial charge in [0.15, 0.2) is 0 Å². The Labute approximate surface area is 140 Å². The first-order chi connectivity index (χ1) is 10.6. The smallest absolute Gasteiger partial charge is 0.0557 e. The Morgan fingerprint density at radius 3 is 1.91 bits per heavy atom. The van der Waals surface area contributed by atoms with Crippen LogP contribution in [0.1, 0.15) is 83.6 Å². The predicted octanol–water partition coefficient (Wildman–Crippen LogP) is 6.41. The SMILES string of the molecule is CCCCCCCCCCCC(C)S(=O)c1ccc(C)cc1. The predicted molar refractivity (Wildman–Crippen MR) is 98.9 cm³/mol. The highest BCUT2D eigenvalue weighted by molar-refractivity contribution is 7.85. The van der Waals surface area contributed by atoms with Crippen molar-refractivity contribution in [2.45, 2.75) is 95.1 Å². The highest BCUT2D eigenvalue weighted by Gasteiger charge is 2.12. The molecule has 0 aromatic heterocycles. The van der Waals surface area contributed by atoms with E-state index in [2.05, 4.69) is 32.9 Å². The van der Waals surface area contributed by atoms with E-state index in [9.17, 15) is 4.21 Å². The zero-order valence-electron chi connectivity index (χ0n) is 14.8. The van der Waals surface area contributed by atoms with Crippen LogP contribution in [-0.2, 0) is 10.8 Å². The van der Waals surface area contributed by atoms with Crippen molar-refractivity contribution in [2.24, 2.45) is 0 Å². The van der Waals surface area contributed by atoms with Crippen molar-refractivity contribution >= 4 is 10.8 Å². The summed E-state index contributed by atoms with van der Waals surface area (Å²) < 4.78 is 12.4. The van der Waals surface area contributed by atoms with Crippen LogP contribution >= 0.6 is 0 Å². The molecule has 22 heavy (non-hydrogen) atoms. The van der Waals surface area contributed by atoms with Crippen molar-refractivity contribution < 1.29 is 4.21 Å². The Morgan fingerprint density at radius 1 is 0.864 bits per heavy atom. The molecular formula is C20H34OS. The molecule has 2 atom stereocenters. The molecule has 0 radical (unpaired) electrons. The van der Waals surface area contributed by atoms with Crippen molar-refractivity contribution in [3.05, 3.63) is 29.8 Å². The normalized spacial score (nSPS) is 14.0. The van der Waals surface area contributed by atoms with Crippen molar-refractivity contribution in [2.75, 3.05) is 0 Å². The number of aryl methyl sites for hydroxylation is 1. The first kappa shape index (κ1) is 19.4. The molecule has 1 rings (SSSR count). The van der Waals surface area contributed by atoms with Crippen LogP contribution < -0.4 is 0 Å². The minimum Gasteiger partial charge on any atom is -0.254 e. The molecule has 0 bridgehead atoms. The lowest BCUT2D eigenvalue weighted by Gasteiger charge is -2.11. The maximum Gasteiger partial charge on any atom is 0.0557 e. The fourth-order valence-corrected chi connectivity index (χ4v) is 4.00. The van der Waals surface area contributed by atoms with Crippen molar-refractivity contribution in [1.29, 1.82) is 0 Å². The van der Waals surface area contributed by atoms with Crippen molar-refractivity contribution in [3.8, 4) is 0 Å². The van der Waals surface area contributed by atoms with E-state index in [0.717, 1.165) is 11.3 Å². The van der Waals surface area contributed by atoms with Gasteiger partial charge in [0.25, 0.3) is 0 Å². The molecule has 1 nitrogen and oxygen atoms in total. The summed E-state index contributed by atoms with van der Waals surface area (Å²) in [6.07, 6.45) is 13.2. The Hall–Kier alpha value is -0.630. The van der Waals surface area contributed by atoms with Crippen LogP contribution in [0.5, 0.6) is 0 Å². The molecular weight excluding hydrogens is 288 g/mol. The van der Waals surface area contributed by atoms with Crippen LogP contribution in [0.2, 0.25) is 0 Å². The van der Waals surface area contributed by atoms with Crippen LogP contribution in [0.15, 0.2) is 29.2 Å². The zero-order valence-corrected chi connectivity index (χ0v) is 15.6. The largest absolute Gasteiger partial charge is 0.254 e. The van der Waals surface area contributed by atoms with E-state index < -0.39 is 10.8 Å². The van der Waals surface area contributed by atoms with E-state index in [-0.39, 0.29) is 5.25 Å². The average Bonchev–Trinajstić information content (AvgIpc) is 2.53. The first-order valence-corrected chi connectivity index (χ1v) is 10.3. The summed E-state index contributed by atoms with van der Waals surface area (Å²) in [6.45, 7) is 6.46. The average molecular weight is 323 g/mol. The number of unbranched alkanes of at least 4 members (excludes halogenated alkanes) is 8. The van der Waals surface area contributed by atoms with Crippen LogP contribution in [0.3, 0.4) is 0 Å². The van der Waals surface area contributed by atoms with E-state index in [1.807, 2.05) is 12.1 Å². The highest BCUT2D eigenvalue weighted by atomic mass is 32.2. The molecule has 0 spiro atoms. The Balaban J connectivity index is 2.09. The second-order valence-electron chi connectivity index (χ2n) is 6.54. The quantitative estimate of drug-likeness (QED) is 0.406. The number of benzene rings is 1. The third-order valence-electron chi connectivity index (χ3n) is 4.33. The third-order valence-corrected chi connectivity index (χ3v) is 6.04. The summed E-state index contributed by atoms with van der Waals surface area (Å²) in [5.74, 6) is 0. The third kappa shape index (κ3) is 8.12. The highest BCUT2D eigenvalue weighted by Crippen LogP contribution is 2.18. The summed E-state index contributed by atoms with van der Waals surface area (Å²) in [5.41, 5.74) is 1.23. The van der Waals surface area contributed by atoms with Crippen molar-refractivity contribution in [3.63, 3.8) is 0 Å². The Bertz CT molecular complexity index is 410. The standard InChI is InChI=1S/C20H34OS/c1-4-5-6-7-8-9-10-11-12-13-19(3)22(21)20-16-14-18(2)15-17-20/h14-17,19H,4-13H2,1-3H3. The monoisotopic (exact) mass is 322 g/mol. The molecule has 0 heterocycles. The summed E-state index contributed by atoms with van der Waals surface area (Å²) in [4.78, 5) is 0.981. The molecule has 1 aromatic rings. The molecule has 2 unspecified atom stereocenters. The molecule has 126 valence electrons. The lowest BCUT2D eigenvalue weighted by atomic mass is 10.1. The fraction of sp³-hybridized carbons (Fsp3) is 0.700. The van der Waals surface area contributed by atoms with Gasteiger partial charge in [-0.2, -0.15) is 0 Å². The zero-order chi connectivity index (χ0) is 16.2. The summed E-state index contributed by atoms with van der Waals surface area (Å²) in [7, 11) is -0.849. The van der Waals surface area contributed by atoms with Gasteiger partial charge in [0.2, 0.25) is 0 Å². The van der Waals surface area contributed by atoms with Gasteiger partial charge in [0.1, 0.15) is 0 Å². The van der Waals surface area contributed by atoms with Gasteiger partial charge in [-0.05, 0) is 25.5 Å². The molecule has 0 fully saturated rings. The molecule has 0 amide bonds. The van der Waals surface area contributed by atoms with E-state index in [1.165, 1.54) is 63.4 Å². The molecule has 2 heteroatoms. The lowest BCUT2D eigenvalue weighted by molar-refractivity contribution is 0.553.